The summed E-state index contributed by atoms with van der Waals surface area (Å²) in [6.45, 7) is 3.62. The minimum Gasteiger partial charge on any atom is -0.375 e. The molecule has 2 heterocycles. The molecule has 1 N–H and O–H groups in total. The van der Waals surface area contributed by atoms with Crippen LogP contribution in [0.15, 0.2) is 61.1 Å². The fourth-order valence-electron chi connectivity index (χ4n) is 2.43. The number of carbonyl (C=O) groups is 1. The minimum absolute atomic E-state index is 0.169. The van der Waals surface area contributed by atoms with Gasteiger partial charge in [-0.15, -0.1) is 0 Å². The fraction of sp³-hybridized carbons (Fsp3) is 0.211. The molecule has 0 saturated carbocycles. The highest BCUT2D eigenvalue weighted by Crippen LogP contribution is 2.15. The van der Waals surface area contributed by atoms with Gasteiger partial charge in [-0.25, -0.2) is 0 Å². The summed E-state index contributed by atoms with van der Waals surface area (Å²) in [5, 5.41) is 7.21. The molecule has 0 unspecified atom stereocenters. The van der Waals surface area contributed by atoms with Crippen molar-refractivity contribution in [3.63, 3.8) is 0 Å². The Balaban J connectivity index is 1.63. The van der Waals surface area contributed by atoms with Crippen LogP contribution < -0.4 is 10.2 Å². The Kier molecular flexibility index (Phi) is 5.09. The predicted molar refractivity (Wildman–Crippen MR) is 98.9 cm³/mol. The summed E-state index contributed by atoms with van der Waals surface area (Å²) in [5.41, 5.74) is 2.74. The first kappa shape index (κ1) is 16.7. The molecule has 0 aliphatic heterocycles. The van der Waals surface area contributed by atoms with E-state index in [4.69, 9.17) is 0 Å². The van der Waals surface area contributed by atoms with Gasteiger partial charge in [0.1, 0.15) is 0 Å². The van der Waals surface area contributed by atoms with Gasteiger partial charge < -0.3 is 10.2 Å². The molecule has 128 valence electrons. The average molecular weight is 335 g/mol. The second-order valence-electron chi connectivity index (χ2n) is 5.78. The molecule has 0 radical (unpaired) electrons. The Morgan fingerprint density at radius 3 is 2.68 bits per heavy atom. The molecule has 1 aromatic carbocycles. The molecule has 0 spiro atoms. The normalized spacial score (nSPS) is 10.5. The maximum absolute atomic E-state index is 12.3. The molecule has 0 aliphatic carbocycles. The lowest BCUT2D eigenvalue weighted by atomic mass is 10.2. The third-order valence-electron chi connectivity index (χ3n) is 3.99. The van der Waals surface area contributed by atoms with Crippen LogP contribution in [0.4, 0.5) is 11.5 Å². The molecule has 25 heavy (non-hydrogen) atoms. The minimum atomic E-state index is -0.169. The van der Waals surface area contributed by atoms with E-state index in [1.807, 2.05) is 49.6 Å². The van der Waals surface area contributed by atoms with E-state index in [0.717, 1.165) is 17.8 Å². The molecule has 2 aromatic heterocycles. The number of nitrogens with zero attached hydrogens (tertiary/aromatic N) is 4. The van der Waals surface area contributed by atoms with Gasteiger partial charge in [0, 0.05) is 49.5 Å². The van der Waals surface area contributed by atoms with Gasteiger partial charge in [0.15, 0.2) is 5.82 Å². The number of carbonyl (C=O) groups excluding carboxylic acids is 1. The van der Waals surface area contributed by atoms with Gasteiger partial charge in [0.05, 0.1) is 6.54 Å². The SMILES string of the molecule is CCN(C)c1ccc(C(=O)Nc2ccn(Cc3cccnc3)n2)cc1. The van der Waals surface area contributed by atoms with Crippen LogP contribution in [0.5, 0.6) is 0 Å². The van der Waals surface area contributed by atoms with Crippen molar-refractivity contribution in [2.75, 3.05) is 23.8 Å². The van der Waals surface area contributed by atoms with E-state index in [2.05, 4.69) is 27.2 Å². The van der Waals surface area contributed by atoms with E-state index >= 15 is 0 Å². The Morgan fingerprint density at radius 1 is 1.20 bits per heavy atom. The Morgan fingerprint density at radius 2 is 2.00 bits per heavy atom. The highest BCUT2D eigenvalue weighted by atomic mass is 16.1. The Hall–Kier alpha value is -3.15. The number of hydrogen-bond acceptors (Lipinski definition) is 4. The van der Waals surface area contributed by atoms with Crippen LogP contribution in [0, 0.1) is 0 Å². The van der Waals surface area contributed by atoms with Crippen LogP contribution in [0.1, 0.15) is 22.8 Å². The number of benzene rings is 1. The topological polar surface area (TPSA) is 63.1 Å². The van der Waals surface area contributed by atoms with Crippen molar-refractivity contribution < 1.29 is 4.79 Å². The van der Waals surface area contributed by atoms with Crippen LogP contribution in [-0.2, 0) is 6.54 Å². The van der Waals surface area contributed by atoms with Gasteiger partial charge in [0.25, 0.3) is 5.91 Å². The van der Waals surface area contributed by atoms with Gasteiger partial charge in [-0.05, 0) is 42.8 Å². The van der Waals surface area contributed by atoms with Crippen LogP contribution in [0.25, 0.3) is 0 Å². The van der Waals surface area contributed by atoms with E-state index in [9.17, 15) is 4.79 Å². The number of rotatable bonds is 6. The molecular weight excluding hydrogens is 314 g/mol. The lowest BCUT2D eigenvalue weighted by Gasteiger charge is -2.16. The highest BCUT2D eigenvalue weighted by molar-refractivity contribution is 6.03. The van der Waals surface area contributed by atoms with Crippen LogP contribution in [0.2, 0.25) is 0 Å². The molecule has 6 nitrogen and oxygen atoms in total. The zero-order chi connectivity index (χ0) is 17.6. The molecule has 6 heteroatoms. The average Bonchev–Trinajstić information content (AvgIpc) is 3.08. The molecular formula is C19H21N5O. The molecule has 0 atom stereocenters. The van der Waals surface area contributed by atoms with Gasteiger partial charge in [-0.3, -0.25) is 14.5 Å². The first-order valence-electron chi connectivity index (χ1n) is 8.20. The van der Waals surface area contributed by atoms with Crippen molar-refractivity contribution in [2.24, 2.45) is 0 Å². The zero-order valence-corrected chi connectivity index (χ0v) is 14.4. The maximum Gasteiger partial charge on any atom is 0.256 e. The van der Waals surface area contributed by atoms with Crippen LogP contribution in [-0.4, -0.2) is 34.3 Å². The van der Waals surface area contributed by atoms with E-state index in [-0.39, 0.29) is 5.91 Å². The third-order valence-corrected chi connectivity index (χ3v) is 3.99. The van der Waals surface area contributed by atoms with E-state index < -0.39 is 0 Å². The summed E-state index contributed by atoms with van der Waals surface area (Å²) in [7, 11) is 2.02. The van der Waals surface area contributed by atoms with Crippen molar-refractivity contribution in [3.8, 4) is 0 Å². The molecule has 0 aliphatic rings. The fourth-order valence-corrected chi connectivity index (χ4v) is 2.43. The molecule has 3 rings (SSSR count). The van der Waals surface area contributed by atoms with Crippen molar-refractivity contribution in [3.05, 3.63) is 72.2 Å². The quantitative estimate of drug-likeness (QED) is 0.752. The Bertz CT molecular complexity index is 827. The number of pyridine rings is 1. The number of aromatic nitrogens is 3. The third kappa shape index (κ3) is 4.23. The summed E-state index contributed by atoms with van der Waals surface area (Å²) in [6, 6.07) is 13.2. The highest BCUT2D eigenvalue weighted by Gasteiger charge is 2.09. The van der Waals surface area contributed by atoms with Gasteiger partial charge in [0.2, 0.25) is 0 Å². The summed E-state index contributed by atoms with van der Waals surface area (Å²) in [5.74, 6) is 0.362. The monoisotopic (exact) mass is 335 g/mol. The number of hydrogen-bond donors (Lipinski definition) is 1. The summed E-state index contributed by atoms with van der Waals surface area (Å²) in [6.07, 6.45) is 5.37. The van der Waals surface area contributed by atoms with E-state index in [1.165, 1.54) is 0 Å². The second-order valence-corrected chi connectivity index (χ2v) is 5.78. The lowest BCUT2D eigenvalue weighted by Crippen LogP contribution is -2.16. The maximum atomic E-state index is 12.3. The largest absolute Gasteiger partial charge is 0.375 e. The van der Waals surface area contributed by atoms with Crippen molar-refractivity contribution in [1.29, 1.82) is 0 Å². The molecule has 1 amide bonds. The van der Waals surface area contributed by atoms with Crippen molar-refractivity contribution >= 4 is 17.4 Å². The Labute approximate surface area is 147 Å². The second kappa shape index (κ2) is 7.61. The molecule has 0 bridgehead atoms. The summed E-state index contributed by atoms with van der Waals surface area (Å²) in [4.78, 5) is 18.5. The molecule has 3 aromatic rings. The molecule has 0 saturated heterocycles. The zero-order valence-electron chi connectivity index (χ0n) is 14.4. The van der Waals surface area contributed by atoms with Gasteiger partial charge >= 0.3 is 0 Å². The standard InChI is InChI=1S/C19H21N5O/c1-3-23(2)17-8-6-16(7-9-17)19(25)21-18-10-12-24(22-18)14-15-5-4-11-20-13-15/h4-13H,3,14H2,1-2H3,(H,21,22,25). The lowest BCUT2D eigenvalue weighted by molar-refractivity contribution is 0.102. The van der Waals surface area contributed by atoms with E-state index in [1.54, 1.807) is 23.1 Å². The first-order chi connectivity index (χ1) is 12.2. The first-order valence-corrected chi connectivity index (χ1v) is 8.20. The number of anilines is 2. The van der Waals surface area contributed by atoms with Crippen LogP contribution in [0.3, 0.4) is 0 Å². The van der Waals surface area contributed by atoms with Crippen molar-refractivity contribution in [2.45, 2.75) is 13.5 Å². The van der Waals surface area contributed by atoms with E-state index in [0.29, 0.717) is 17.9 Å². The van der Waals surface area contributed by atoms with Gasteiger partial charge in [-0.1, -0.05) is 6.07 Å². The number of nitrogens with one attached hydrogen (secondary N) is 1. The molecule has 0 fully saturated rings. The van der Waals surface area contributed by atoms with Crippen LogP contribution >= 0.6 is 0 Å². The number of amides is 1. The smallest absolute Gasteiger partial charge is 0.256 e. The predicted octanol–water partition coefficient (Wildman–Crippen LogP) is 3.03. The van der Waals surface area contributed by atoms with Crippen molar-refractivity contribution in [1.82, 2.24) is 14.8 Å². The summed E-state index contributed by atoms with van der Waals surface area (Å²) >= 11 is 0. The van der Waals surface area contributed by atoms with Gasteiger partial charge in [-0.2, -0.15) is 5.10 Å². The summed E-state index contributed by atoms with van der Waals surface area (Å²) < 4.78 is 1.77.